The molecule has 20 heavy (non-hydrogen) atoms. The van der Waals surface area contributed by atoms with Crippen LogP contribution >= 0.6 is 11.3 Å². The lowest BCUT2D eigenvalue weighted by Gasteiger charge is -2.05. The van der Waals surface area contributed by atoms with Gasteiger partial charge in [0.1, 0.15) is 10.7 Å². The third kappa shape index (κ3) is 3.09. The molecular formula is C12H11N3O4S. The Hall–Kier alpha value is -2.48. The van der Waals surface area contributed by atoms with Crippen LogP contribution in [0, 0.1) is 17.0 Å². The van der Waals surface area contributed by atoms with Crippen LogP contribution in [0.3, 0.4) is 0 Å². The normalized spacial score (nSPS) is 10.2. The summed E-state index contributed by atoms with van der Waals surface area (Å²) in [5.41, 5.74) is 1.14. The SMILES string of the molecule is Cc1ccc(NCc2nc(C(=O)O)cs2)c([N+](=O)[O-])c1. The molecule has 0 amide bonds. The van der Waals surface area contributed by atoms with Crippen molar-refractivity contribution in [1.29, 1.82) is 0 Å². The third-order valence-electron chi connectivity index (χ3n) is 2.55. The van der Waals surface area contributed by atoms with E-state index in [9.17, 15) is 14.9 Å². The summed E-state index contributed by atoms with van der Waals surface area (Å²) in [4.78, 5) is 25.1. The number of anilines is 1. The fraction of sp³-hybridized carbons (Fsp3) is 0.167. The van der Waals surface area contributed by atoms with E-state index in [0.717, 1.165) is 5.56 Å². The summed E-state index contributed by atoms with van der Waals surface area (Å²) in [6, 6.07) is 4.87. The highest BCUT2D eigenvalue weighted by molar-refractivity contribution is 7.09. The molecule has 0 aliphatic rings. The molecule has 0 spiro atoms. The first kappa shape index (κ1) is 13.9. The fourth-order valence-corrected chi connectivity index (χ4v) is 2.31. The number of benzene rings is 1. The van der Waals surface area contributed by atoms with Crippen molar-refractivity contribution in [3.63, 3.8) is 0 Å². The average Bonchev–Trinajstić information content (AvgIpc) is 2.86. The molecule has 0 saturated carbocycles. The van der Waals surface area contributed by atoms with Crippen LogP contribution in [0.15, 0.2) is 23.6 Å². The molecule has 2 N–H and O–H groups in total. The number of aryl methyl sites for hydroxylation is 1. The zero-order valence-corrected chi connectivity index (χ0v) is 11.3. The minimum atomic E-state index is -1.09. The highest BCUT2D eigenvalue weighted by atomic mass is 32.1. The molecule has 0 fully saturated rings. The van der Waals surface area contributed by atoms with Crippen LogP contribution in [0.1, 0.15) is 21.1 Å². The van der Waals surface area contributed by atoms with Crippen molar-refractivity contribution in [2.24, 2.45) is 0 Å². The van der Waals surface area contributed by atoms with E-state index in [1.54, 1.807) is 19.1 Å². The van der Waals surface area contributed by atoms with Crippen LogP contribution < -0.4 is 5.32 Å². The summed E-state index contributed by atoms with van der Waals surface area (Å²) < 4.78 is 0. The Morgan fingerprint density at radius 3 is 2.90 bits per heavy atom. The van der Waals surface area contributed by atoms with E-state index >= 15 is 0 Å². The quantitative estimate of drug-likeness (QED) is 0.648. The highest BCUT2D eigenvalue weighted by Gasteiger charge is 2.14. The Morgan fingerprint density at radius 2 is 2.30 bits per heavy atom. The maximum absolute atomic E-state index is 11.0. The number of aromatic nitrogens is 1. The van der Waals surface area contributed by atoms with Gasteiger partial charge in [-0.2, -0.15) is 0 Å². The second kappa shape index (κ2) is 5.66. The number of nitro benzene ring substituents is 1. The molecule has 1 aromatic heterocycles. The van der Waals surface area contributed by atoms with Crippen LogP contribution in [-0.2, 0) is 6.54 Å². The predicted octanol–water partition coefficient (Wildman–Crippen LogP) is 2.67. The summed E-state index contributed by atoms with van der Waals surface area (Å²) >= 11 is 1.19. The Bertz CT molecular complexity index is 668. The maximum atomic E-state index is 11.0. The van der Waals surface area contributed by atoms with E-state index in [-0.39, 0.29) is 17.9 Å². The fourth-order valence-electron chi connectivity index (χ4n) is 1.60. The lowest BCUT2D eigenvalue weighted by molar-refractivity contribution is -0.384. The minimum absolute atomic E-state index is 0.0139. The summed E-state index contributed by atoms with van der Waals surface area (Å²) in [5, 5.41) is 24.6. The van der Waals surface area contributed by atoms with Gasteiger partial charge in [0.2, 0.25) is 0 Å². The Balaban J connectivity index is 2.14. The number of thiazole rings is 1. The average molecular weight is 293 g/mol. The first-order chi connectivity index (χ1) is 9.47. The Kier molecular flexibility index (Phi) is 3.94. The molecule has 0 saturated heterocycles. The van der Waals surface area contributed by atoms with Crippen molar-refractivity contribution in [3.05, 3.63) is 50.0 Å². The van der Waals surface area contributed by atoms with Crippen molar-refractivity contribution >= 4 is 28.7 Å². The molecule has 8 heteroatoms. The van der Waals surface area contributed by atoms with E-state index in [1.807, 2.05) is 0 Å². The lowest BCUT2D eigenvalue weighted by Crippen LogP contribution is -2.03. The molecule has 0 aliphatic carbocycles. The smallest absolute Gasteiger partial charge is 0.355 e. The van der Waals surface area contributed by atoms with E-state index in [4.69, 9.17) is 5.11 Å². The number of hydrogen-bond donors (Lipinski definition) is 2. The molecule has 2 rings (SSSR count). The van der Waals surface area contributed by atoms with E-state index in [2.05, 4.69) is 10.3 Å². The summed E-state index contributed by atoms with van der Waals surface area (Å²) in [6.07, 6.45) is 0. The van der Waals surface area contributed by atoms with Crippen molar-refractivity contribution in [2.75, 3.05) is 5.32 Å². The number of carbonyl (C=O) groups is 1. The first-order valence-electron chi connectivity index (χ1n) is 5.64. The number of aromatic carboxylic acids is 1. The Labute approximate surface area is 118 Å². The molecule has 0 unspecified atom stereocenters. The zero-order chi connectivity index (χ0) is 14.7. The molecule has 7 nitrogen and oxygen atoms in total. The number of carboxylic acids is 1. The molecular weight excluding hydrogens is 282 g/mol. The van der Waals surface area contributed by atoms with Gasteiger partial charge in [-0.05, 0) is 18.6 Å². The van der Waals surface area contributed by atoms with Crippen molar-refractivity contribution < 1.29 is 14.8 Å². The number of nitro groups is 1. The van der Waals surface area contributed by atoms with E-state index in [0.29, 0.717) is 10.7 Å². The molecule has 0 atom stereocenters. The Morgan fingerprint density at radius 1 is 1.55 bits per heavy atom. The third-order valence-corrected chi connectivity index (χ3v) is 3.40. The van der Waals surface area contributed by atoms with Crippen LogP contribution in [0.5, 0.6) is 0 Å². The summed E-state index contributed by atoms with van der Waals surface area (Å²) in [5.74, 6) is -1.09. The van der Waals surface area contributed by atoms with Crippen molar-refractivity contribution in [3.8, 4) is 0 Å². The number of nitrogens with zero attached hydrogens (tertiary/aromatic N) is 2. The molecule has 1 heterocycles. The van der Waals surface area contributed by atoms with Gasteiger partial charge in [-0.3, -0.25) is 10.1 Å². The van der Waals surface area contributed by atoms with Crippen LogP contribution in [-0.4, -0.2) is 21.0 Å². The molecule has 0 bridgehead atoms. The molecule has 2 aromatic rings. The van der Waals surface area contributed by atoms with Gasteiger partial charge in [0, 0.05) is 11.4 Å². The first-order valence-corrected chi connectivity index (χ1v) is 6.52. The largest absolute Gasteiger partial charge is 0.476 e. The van der Waals surface area contributed by atoms with Crippen LogP contribution in [0.2, 0.25) is 0 Å². The number of hydrogen-bond acceptors (Lipinski definition) is 6. The lowest BCUT2D eigenvalue weighted by atomic mass is 10.2. The molecule has 0 radical (unpaired) electrons. The second-order valence-electron chi connectivity index (χ2n) is 4.06. The number of carboxylic acid groups (broad SMARTS) is 1. The van der Waals surface area contributed by atoms with Gasteiger partial charge in [-0.15, -0.1) is 11.3 Å². The number of nitrogens with one attached hydrogen (secondary N) is 1. The highest BCUT2D eigenvalue weighted by Crippen LogP contribution is 2.26. The van der Waals surface area contributed by atoms with Gasteiger partial charge in [0.05, 0.1) is 11.5 Å². The molecule has 0 aliphatic heterocycles. The number of rotatable bonds is 5. The summed E-state index contributed by atoms with van der Waals surface area (Å²) in [7, 11) is 0. The molecule has 1 aromatic carbocycles. The van der Waals surface area contributed by atoms with E-state index in [1.165, 1.54) is 22.8 Å². The second-order valence-corrected chi connectivity index (χ2v) is 5.01. The topological polar surface area (TPSA) is 105 Å². The zero-order valence-electron chi connectivity index (χ0n) is 10.5. The van der Waals surface area contributed by atoms with Crippen molar-refractivity contribution in [2.45, 2.75) is 13.5 Å². The van der Waals surface area contributed by atoms with Crippen LogP contribution in [0.25, 0.3) is 0 Å². The van der Waals surface area contributed by atoms with Gasteiger partial charge in [0.15, 0.2) is 5.69 Å². The molecule has 104 valence electrons. The van der Waals surface area contributed by atoms with E-state index < -0.39 is 10.9 Å². The standard InChI is InChI=1S/C12H11N3O4S/c1-7-2-3-8(10(4-7)15(18)19)13-5-11-14-9(6-20-11)12(16)17/h2-4,6,13H,5H2,1H3,(H,16,17). The van der Waals surface area contributed by atoms with Crippen molar-refractivity contribution in [1.82, 2.24) is 4.98 Å². The monoisotopic (exact) mass is 293 g/mol. The summed E-state index contributed by atoms with van der Waals surface area (Å²) in [6.45, 7) is 2.01. The minimum Gasteiger partial charge on any atom is -0.476 e. The van der Waals surface area contributed by atoms with Gasteiger partial charge < -0.3 is 10.4 Å². The van der Waals surface area contributed by atoms with Crippen LogP contribution in [0.4, 0.5) is 11.4 Å². The van der Waals surface area contributed by atoms with Gasteiger partial charge in [-0.1, -0.05) is 6.07 Å². The van der Waals surface area contributed by atoms with Gasteiger partial charge in [-0.25, -0.2) is 9.78 Å². The predicted molar refractivity (Wildman–Crippen MR) is 74.2 cm³/mol. The maximum Gasteiger partial charge on any atom is 0.355 e. The van der Waals surface area contributed by atoms with Gasteiger partial charge >= 0.3 is 5.97 Å². The van der Waals surface area contributed by atoms with Gasteiger partial charge in [0.25, 0.3) is 5.69 Å².